The van der Waals surface area contributed by atoms with E-state index < -0.39 is 23.4 Å². The Morgan fingerprint density at radius 3 is 2.73 bits per heavy atom. The minimum Gasteiger partial charge on any atom is -0.388 e. The van der Waals surface area contributed by atoms with E-state index in [0.29, 0.717) is 0 Å². The van der Waals surface area contributed by atoms with Crippen LogP contribution in [-0.2, 0) is 20.7 Å². The molecule has 2 saturated heterocycles. The van der Waals surface area contributed by atoms with Gasteiger partial charge < -0.3 is 19.7 Å². The molecule has 2 heterocycles. The zero-order valence-corrected chi connectivity index (χ0v) is 19.9. The fourth-order valence-corrected chi connectivity index (χ4v) is 7.27. The molecule has 0 saturated carbocycles. The Balaban J connectivity index is 1.30. The fraction of sp³-hybridized carbons (Fsp3) is 0.607. The van der Waals surface area contributed by atoms with E-state index in [9.17, 15) is 15.0 Å². The van der Waals surface area contributed by atoms with Crippen LogP contribution in [0.2, 0.25) is 0 Å². The second kappa shape index (κ2) is 6.88. The van der Waals surface area contributed by atoms with Gasteiger partial charge in [0, 0.05) is 18.3 Å². The number of epoxide rings is 1. The Morgan fingerprint density at radius 1 is 1.18 bits per heavy atom. The number of aryl methyl sites for hydroxylation is 1. The second-order valence-corrected chi connectivity index (χ2v) is 11.4. The molecule has 33 heavy (non-hydrogen) atoms. The fourth-order valence-electron chi connectivity index (χ4n) is 7.27. The maximum absolute atomic E-state index is 13.0. The first-order valence-electron chi connectivity index (χ1n) is 12.3. The van der Waals surface area contributed by atoms with Crippen molar-refractivity contribution in [3.8, 4) is 0 Å². The van der Waals surface area contributed by atoms with Crippen molar-refractivity contribution in [2.45, 2.75) is 94.9 Å². The van der Waals surface area contributed by atoms with Gasteiger partial charge in [0.15, 0.2) is 12.1 Å². The lowest BCUT2D eigenvalue weighted by Crippen LogP contribution is -2.49. The summed E-state index contributed by atoms with van der Waals surface area (Å²) in [7, 11) is 0. The molecule has 0 amide bonds. The number of hydrogen-bond acceptors (Lipinski definition) is 5. The van der Waals surface area contributed by atoms with Gasteiger partial charge in [0.05, 0.1) is 17.6 Å². The predicted molar refractivity (Wildman–Crippen MR) is 124 cm³/mol. The highest BCUT2D eigenvalue weighted by molar-refractivity contribution is 5.99. The molecule has 176 valence electrons. The lowest BCUT2D eigenvalue weighted by Gasteiger charge is -2.50. The average Bonchev–Trinajstić information content (AvgIpc) is 3.37. The van der Waals surface area contributed by atoms with E-state index in [4.69, 9.17) is 9.47 Å². The molecule has 0 bridgehead atoms. The van der Waals surface area contributed by atoms with Crippen LogP contribution in [0.25, 0.3) is 0 Å². The van der Waals surface area contributed by atoms with Gasteiger partial charge in [-0.25, -0.2) is 0 Å². The first-order valence-corrected chi connectivity index (χ1v) is 12.3. The van der Waals surface area contributed by atoms with Crippen LogP contribution in [0.3, 0.4) is 0 Å². The summed E-state index contributed by atoms with van der Waals surface area (Å²) in [5.74, 6) is 0.335. The van der Waals surface area contributed by atoms with Gasteiger partial charge in [0.25, 0.3) is 0 Å². The normalized spacial score (nSPS) is 46.4. The maximum atomic E-state index is 13.0. The monoisotopic (exact) mass is 450 g/mol. The van der Waals surface area contributed by atoms with E-state index in [1.807, 2.05) is 19.1 Å². The minimum absolute atomic E-state index is 0.0606. The molecule has 0 spiro atoms. The van der Waals surface area contributed by atoms with Crippen LogP contribution in [0.15, 0.2) is 42.0 Å². The predicted octanol–water partition coefficient (Wildman–Crippen LogP) is 3.93. The van der Waals surface area contributed by atoms with E-state index >= 15 is 0 Å². The number of benzene rings is 1. The number of rotatable bonds is 2. The molecule has 5 nitrogen and oxygen atoms in total. The van der Waals surface area contributed by atoms with Gasteiger partial charge in [-0.15, -0.1) is 0 Å². The molecule has 6 rings (SSSR count). The molecule has 0 unspecified atom stereocenters. The summed E-state index contributed by atoms with van der Waals surface area (Å²) in [6, 6.07) is 6.56. The van der Waals surface area contributed by atoms with E-state index in [-0.39, 0.29) is 35.2 Å². The van der Waals surface area contributed by atoms with Gasteiger partial charge >= 0.3 is 0 Å². The number of carbonyl (C=O) groups excluding carboxylic acids is 1. The standard InChI is InChI=1S/C28H34O5/c1-15(22-14-26(2)28(4,33-26)25(31)32-22)16-8-10-19-17(12-16)9-11-20-24(19)21(29)13-18-6-5-7-23(30)27(18,20)3/h5,7-8,10,12-13,15,20-22,24-25,29,31H,6,9,11,14H2,1-4H3/t15-,20-,21+,22+,24-,25+,26-,27-,28+/m0/s1. The average molecular weight is 451 g/mol. The van der Waals surface area contributed by atoms with Crippen LogP contribution in [0, 0.1) is 11.3 Å². The van der Waals surface area contributed by atoms with Crippen molar-refractivity contribution in [3.63, 3.8) is 0 Å². The van der Waals surface area contributed by atoms with Crippen LogP contribution < -0.4 is 0 Å². The van der Waals surface area contributed by atoms with Gasteiger partial charge in [0.2, 0.25) is 0 Å². The molecular weight excluding hydrogens is 416 g/mol. The van der Waals surface area contributed by atoms with Crippen molar-refractivity contribution in [2.24, 2.45) is 11.3 Å². The molecule has 9 atom stereocenters. The lowest BCUT2D eigenvalue weighted by atomic mass is 9.53. The van der Waals surface area contributed by atoms with Gasteiger partial charge in [0.1, 0.15) is 11.2 Å². The number of hydrogen-bond donors (Lipinski definition) is 2. The number of fused-ring (bicyclic) bond motifs is 6. The molecule has 2 N–H and O–H groups in total. The number of aliphatic hydroxyl groups excluding tert-OH is 2. The third-order valence-electron chi connectivity index (χ3n) is 9.85. The molecule has 2 fully saturated rings. The Bertz CT molecular complexity index is 1090. The third kappa shape index (κ3) is 2.83. The first kappa shape index (κ1) is 21.7. The smallest absolute Gasteiger partial charge is 0.186 e. The summed E-state index contributed by atoms with van der Waals surface area (Å²) in [6.07, 6.45) is 7.30. The number of ether oxygens (including phenoxy) is 2. The SMILES string of the molecule is C[C@@H](c1ccc2c(c1)CC[C@H]1[C@H]2[C@H](O)C=C2CC=CC(=O)[C@@]21C)[C@H]1C[C@]2(C)O[C@]2(C)[C@H](O)O1. The van der Waals surface area contributed by atoms with Crippen LogP contribution >= 0.6 is 0 Å². The van der Waals surface area contributed by atoms with Crippen LogP contribution in [0.4, 0.5) is 0 Å². The quantitative estimate of drug-likeness (QED) is 0.527. The highest BCUT2D eigenvalue weighted by Gasteiger charge is 2.71. The topological polar surface area (TPSA) is 79.3 Å². The minimum atomic E-state index is -0.914. The van der Waals surface area contributed by atoms with Gasteiger partial charge in [-0.3, -0.25) is 4.79 Å². The maximum Gasteiger partial charge on any atom is 0.186 e. The van der Waals surface area contributed by atoms with Crippen molar-refractivity contribution in [1.29, 1.82) is 0 Å². The molecule has 1 aromatic rings. The van der Waals surface area contributed by atoms with Gasteiger partial charge in [-0.2, -0.15) is 0 Å². The first-order chi connectivity index (χ1) is 15.6. The number of aliphatic hydroxyl groups is 2. The number of ketones is 1. The van der Waals surface area contributed by atoms with Crippen LogP contribution in [-0.4, -0.2) is 45.7 Å². The van der Waals surface area contributed by atoms with Crippen molar-refractivity contribution < 1.29 is 24.5 Å². The summed E-state index contributed by atoms with van der Waals surface area (Å²) in [6.45, 7) is 8.20. The Hall–Kier alpha value is -1.79. The summed E-state index contributed by atoms with van der Waals surface area (Å²) >= 11 is 0. The number of allylic oxidation sites excluding steroid dienone is 3. The Kier molecular flexibility index (Phi) is 4.53. The summed E-state index contributed by atoms with van der Waals surface area (Å²) in [5, 5.41) is 21.6. The highest BCUT2D eigenvalue weighted by atomic mass is 16.7. The van der Waals surface area contributed by atoms with Crippen LogP contribution in [0.1, 0.15) is 75.5 Å². The van der Waals surface area contributed by atoms with Gasteiger partial charge in [-0.05, 0) is 68.7 Å². The van der Waals surface area contributed by atoms with E-state index in [1.54, 1.807) is 6.08 Å². The highest BCUT2D eigenvalue weighted by Crippen LogP contribution is 2.59. The number of carbonyl (C=O) groups is 1. The van der Waals surface area contributed by atoms with E-state index in [0.717, 1.165) is 31.3 Å². The lowest BCUT2D eigenvalue weighted by molar-refractivity contribution is -0.187. The summed E-state index contributed by atoms with van der Waals surface area (Å²) < 4.78 is 11.9. The zero-order chi connectivity index (χ0) is 23.3. The largest absolute Gasteiger partial charge is 0.388 e. The zero-order valence-electron chi connectivity index (χ0n) is 19.9. The third-order valence-corrected chi connectivity index (χ3v) is 9.85. The molecule has 3 aliphatic carbocycles. The Labute approximate surface area is 195 Å². The molecule has 5 aliphatic rings. The van der Waals surface area contributed by atoms with E-state index in [2.05, 4.69) is 39.0 Å². The van der Waals surface area contributed by atoms with Crippen molar-refractivity contribution >= 4 is 5.78 Å². The molecule has 5 heteroatoms. The molecule has 1 aromatic carbocycles. The summed E-state index contributed by atoms with van der Waals surface area (Å²) in [4.78, 5) is 13.0. The summed E-state index contributed by atoms with van der Waals surface area (Å²) in [5.41, 5.74) is 3.24. The van der Waals surface area contributed by atoms with Crippen molar-refractivity contribution in [1.82, 2.24) is 0 Å². The second-order valence-electron chi connectivity index (χ2n) is 11.4. The Morgan fingerprint density at radius 2 is 1.97 bits per heavy atom. The van der Waals surface area contributed by atoms with Gasteiger partial charge in [-0.1, -0.05) is 42.8 Å². The molecule has 0 aromatic heterocycles. The van der Waals surface area contributed by atoms with E-state index in [1.165, 1.54) is 16.7 Å². The van der Waals surface area contributed by atoms with Crippen molar-refractivity contribution in [2.75, 3.05) is 0 Å². The molecular formula is C28H34O5. The molecule has 2 aliphatic heterocycles. The van der Waals surface area contributed by atoms with Crippen LogP contribution in [0.5, 0.6) is 0 Å². The molecule has 0 radical (unpaired) electrons. The van der Waals surface area contributed by atoms with Crippen molar-refractivity contribution in [3.05, 3.63) is 58.7 Å².